The zero-order chi connectivity index (χ0) is 13.5. The van der Waals surface area contributed by atoms with E-state index in [2.05, 4.69) is 23.8 Å². The molecule has 3 fully saturated rings. The maximum absolute atomic E-state index is 6.27. The fraction of sp³-hybridized carbons (Fsp3) is 1.00. The molecule has 3 aliphatic rings. The van der Waals surface area contributed by atoms with Crippen molar-refractivity contribution in [3.8, 4) is 0 Å². The van der Waals surface area contributed by atoms with E-state index in [1.54, 1.807) is 0 Å². The van der Waals surface area contributed by atoms with Crippen LogP contribution in [-0.4, -0.2) is 54.1 Å². The summed E-state index contributed by atoms with van der Waals surface area (Å²) in [5.74, 6) is 0.967. The van der Waals surface area contributed by atoms with Crippen LogP contribution in [-0.2, 0) is 0 Å². The number of hydrogen-bond acceptors (Lipinski definition) is 3. The molecule has 110 valence electrons. The molecule has 0 spiro atoms. The minimum absolute atomic E-state index is 0.330. The van der Waals surface area contributed by atoms with E-state index < -0.39 is 0 Å². The number of nitrogens with zero attached hydrogens (tertiary/aromatic N) is 2. The molecule has 3 rings (SSSR count). The summed E-state index contributed by atoms with van der Waals surface area (Å²) in [5.41, 5.74) is 6.60. The second-order valence-corrected chi connectivity index (χ2v) is 7.23. The molecule has 3 saturated heterocycles. The lowest BCUT2D eigenvalue weighted by Gasteiger charge is -2.53. The van der Waals surface area contributed by atoms with Gasteiger partial charge in [0.15, 0.2) is 0 Å². The monoisotopic (exact) mass is 265 g/mol. The highest BCUT2D eigenvalue weighted by Gasteiger charge is 2.49. The van der Waals surface area contributed by atoms with Gasteiger partial charge >= 0.3 is 0 Å². The van der Waals surface area contributed by atoms with E-state index in [0.29, 0.717) is 5.54 Å². The van der Waals surface area contributed by atoms with Crippen molar-refractivity contribution in [3.63, 3.8) is 0 Å². The lowest BCUT2D eigenvalue weighted by Crippen LogP contribution is -2.63. The van der Waals surface area contributed by atoms with E-state index in [0.717, 1.165) is 24.5 Å². The molecule has 0 radical (unpaired) electrons. The first kappa shape index (κ1) is 13.8. The fourth-order valence-corrected chi connectivity index (χ4v) is 4.91. The third-order valence-corrected chi connectivity index (χ3v) is 6.46. The smallest absolute Gasteiger partial charge is 0.0361 e. The normalized spacial score (nSPS) is 41.8. The Morgan fingerprint density at radius 2 is 1.63 bits per heavy atom. The molecule has 0 aromatic rings. The third kappa shape index (κ3) is 2.34. The number of hydrogen-bond donors (Lipinski definition) is 1. The van der Waals surface area contributed by atoms with Crippen molar-refractivity contribution in [3.05, 3.63) is 0 Å². The molecule has 3 heteroatoms. The number of fused-ring (bicyclic) bond motifs is 2. The predicted molar refractivity (Wildman–Crippen MR) is 80.2 cm³/mol. The number of nitrogens with two attached hydrogens (primary N) is 1. The number of rotatable bonds is 3. The van der Waals surface area contributed by atoms with Gasteiger partial charge in [-0.3, -0.25) is 4.90 Å². The van der Waals surface area contributed by atoms with E-state index in [4.69, 9.17) is 5.73 Å². The van der Waals surface area contributed by atoms with E-state index in [1.165, 1.54) is 58.0 Å². The first-order valence-corrected chi connectivity index (χ1v) is 8.35. The average Bonchev–Trinajstić information content (AvgIpc) is 2.69. The number of likely N-dealkylation sites (tertiary alicyclic amines) is 1. The van der Waals surface area contributed by atoms with Crippen molar-refractivity contribution in [1.82, 2.24) is 9.80 Å². The summed E-state index contributed by atoms with van der Waals surface area (Å²) in [4.78, 5) is 5.41. The Balaban J connectivity index is 1.70. The van der Waals surface area contributed by atoms with Crippen LogP contribution in [0.4, 0.5) is 0 Å². The van der Waals surface area contributed by atoms with E-state index in [9.17, 15) is 0 Å². The Morgan fingerprint density at radius 1 is 1.05 bits per heavy atom. The molecule has 19 heavy (non-hydrogen) atoms. The largest absolute Gasteiger partial charge is 0.329 e. The van der Waals surface area contributed by atoms with Gasteiger partial charge in [-0.05, 0) is 64.6 Å². The SMILES string of the molecule is CCC1CCN(C2(CN)CC3CCC(C2)N3C)CC1. The Kier molecular flexibility index (Phi) is 3.89. The van der Waals surface area contributed by atoms with Crippen LogP contribution >= 0.6 is 0 Å². The van der Waals surface area contributed by atoms with Crippen LogP contribution in [0, 0.1) is 5.92 Å². The van der Waals surface area contributed by atoms with Crippen molar-refractivity contribution in [2.24, 2.45) is 11.7 Å². The first-order chi connectivity index (χ1) is 9.18. The number of piperidine rings is 2. The van der Waals surface area contributed by atoms with Crippen molar-refractivity contribution in [1.29, 1.82) is 0 Å². The fourth-order valence-electron chi connectivity index (χ4n) is 4.91. The zero-order valence-electron chi connectivity index (χ0n) is 12.8. The molecule has 3 heterocycles. The Labute approximate surface area is 118 Å². The van der Waals surface area contributed by atoms with Crippen molar-refractivity contribution >= 4 is 0 Å². The van der Waals surface area contributed by atoms with Gasteiger partial charge in [0.2, 0.25) is 0 Å². The molecule has 2 bridgehead atoms. The molecule has 0 aromatic heterocycles. The topological polar surface area (TPSA) is 32.5 Å². The summed E-state index contributed by atoms with van der Waals surface area (Å²) in [6.45, 7) is 5.79. The zero-order valence-corrected chi connectivity index (χ0v) is 12.8. The first-order valence-electron chi connectivity index (χ1n) is 8.35. The molecule has 3 aliphatic heterocycles. The average molecular weight is 265 g/mol. The molecule has 0 aliphatic carbocycles. The van der Waals surface area contributed by atoms with Crippen LogP contribution in [0.2, 0.25) is 0 Å². The Bertz CT molecular complexity index is 295. The summed E-state index contributed by atoms with van der Waals surface area (Å²) in [6.07, 6.45) is 9.56. The van der Waals surface area contributed by atoms with Gasteiger partial charge in [-0.2, -0.15) is 0 Å². The van der Waals surface area contributed by atoms with Gasteiger partial charge in [0.05, 0.1) is 0 Å². The molecule has 2 unspecified atom stereocenters. The van der Waals surface area contributed by atoms with Gasteiger partial charge in [-0.15, -0.1) is 0 Å². The molecular formula is C16H31N3. The van der Waals surface area contributed by atoms with E-state index >= 15 is 0 Å². The lowest BCUT2D eigenvalue weighted by molar-refractivity contribution is -0.0172. The van der Waals surface area contributed by atoms with Crippen LogP contribution < -0.4 is 5.73 Å². The van der Waals surface area contributed by atoms with Crippen LogP contribution in [0.1, 0.15) is 51.9 Å². The summed E-state index contributed by atoms with van der Waals surface area (Å²) in [7, 11) is 2.33. The highest BCUT2D eigenvalue weighted by atomic mass is 15.3. The summed E-state index contributed by atoms with van der Waals surface area (Å²) in [6, 6.07) is 1.59. The van der Waals surface area contributed by atoms with Gasteiger partial charge in [0, 0.05) is 24.2 Å². The van der Waals surface area contributed by atoms with Crippen LogP contribution in [0.5, 0.6) is 0 Å². The lowest BCUT2D eigenvalue weighted by atomic mass is 9.79. The molecule has 2 N–H and O–H groups in total. The van der Waals surface area contributed by atoms with Crippen LogP contribution in [0.25, 0.3) is 0 Å². The Hall–Kier alpha value is -0.120. The molecule has 0 aromatic carbocycles. The summed E-state index contributed by atoms with van der Waals surface area (Å²) in [5, 5.41) is 0. The molecule has 0 saturated carbocycles. The van der Waals surface area contributed by atoms with E-state index in [1.807, 2.05) is 0 Å². The van der Waals surface area contributed by atoms with Gasteiger partial charge < -0.3 is 10.6 Å². The minimum Gasteiger partial charge on any atom is -0.329 e. The quantitative estimate of drug-likeness (QED) is 0.848. The van der Waals surface area contributed by atoms with Crippen molar-refractivity contribution < 1.29 is 0 Å². The Morgan fingerprint density at radius 3 is 2.11 bits per heavy atom. The summed E-state index contributed by atoms with van der Waals surface area (Å²) < 4.78 is 0. The van der Waals surface area contributed by atoms with E-state index in [-0.39, 0.29) is 0 Å². The standard InChI is InChI=1S/C16H31N3/c1-3-13-6-8-19(9-7-13)16(12-17)10-14-4-5-15(11-16)18(14)2/h13-15H,3-12,17H2,1-2H3. The maximum Gasteiger partial charge on any atom is 0.0361 e. The van der Waals surface area contributed by atoms with Gasteiger partial charge in [0.1, 0.15) is 0 Å². The van der Waals surface area contributed by atoms with Crippen LogP contribution in [0.15, 0.2) is 0 Å². The van der Waals surface area contributed by atoms with Gasteiger partial charge in [-0.25, -0.2) is 0 Å². The van der Waals surface area contributed by atoms with Crippen molar-refractivity contribution in [2.45, 2.75) is 69.5 Å². The highest BCUT2D eigenvalue weighted by Crippen LogP contribution is 2.43. The molecular weight excluding hydrogens is 234 g/mol. The second-order valence-electron chi connectivity index (χ2n) is 7.23. The van der Waals surface area contributed by atoms with Gasteiger partial charge in [0.25, 0.3) is 0 Å². The van der Waals surface area contributed by atoms with Crippen LogP contribution in [0.3, 0.4) is 0 Å². The highest BCUT2D eigenvalue weighted by molar-refractivity contribution is 5.07. The molecule has 0 amide bonds. The van der Waals surface area contributed by atoms with Gasteiger partial charge in [-0.1, -0.05) is 13.3 Å². The minimum atomic E-state index is 0.330. The summed E-state index contributed by atoms with van der Waals surface area (Å²) >= 11 is 0. The molecule has 3 nitrogen and oxygen atoms in total. The third-order valence-electron chi connectivity index (χ3n) is 6.46. The maximum atomic E-state index is 6.27. The predicted octanol–water partition coefficient (Wildman–Crippen LogP) is 2.06. The molecule has 2 atom stereocenters. The second kappa shape index (κ2) is 5.34. The van der Waals surface area contributed by atoms with Crippen molar-refractivity contribution in [2.75, 3.05) is 26.7 Å².